The second-order valence-corrected chi connectivity index (χ2v) is 6.05. The first kappa shape index (κ1) is 14.5. The van der Waals surface area contributed by atoms with Gasteiger partial charge >= 0.3 is 0 Å². The van der Waals surface area contributed by atoms with E-state index in [1.807, 2.05) is 0 Å². The monoisotopic (exact) mass is 261 g/mol. The zero-order valence-corrected chi connectivity index (χ0v) is 12.5. The molecule has 2 unspecified atom stereocenters. The summed E-state index contributed by atoms with van der Waals surface area (Å²) in [6, 6.07) is 9.43. The lowest BCUT2D eigenvalue weighted by Gasteiger charge is -2.21. The van der Waals surface area contributed by atoms with Crippen molar-refractivity contribution in [3.8, 4) is 0 Å². The SMILES string of the molecule is CNC(CC1CCCO1)c1cccc(CC(C)C)c1. The van der Waals surface area contributed by atoms with Gasteiger partial charge in [-0.25, -0.2) is 0 Å². The molecule has 1 aromatic carbocycles. The quantitative estimate of drug-likeness (QED) is 0.843. The van der Waals surface area contributed by atoms with Crippen molar-refractivity contribution < 1.29 is 4.74 Å². The zero-order chi connectivity index (χ0) is 13.7. The van der Waals surface area contributed by atoms with Crippen LogP contribution in [0.1, 0.15) is 50.3 Å². The van der Waals surface area contributed by atoms with Gasteiger partial charge in [0.05, 0.1) is 6.10 Å². The average Bonchev–Trinajstić information content (AvgIpc) is 2.88. The van der Waals surface area contributed by atoms with Gasteiger partial charge in [0.2, 0.25) is 0 Å². The van der Waals surface area contributed by atoms with E-state index < -0.39 is 0 Å². The Kier molecular flexibility index (Phi) is 5.41. The van der Waals surface area contributed by atoms with Crippen molar-refractivity contribution in [3.63, 3.8) is 0 Å². The van der Waals surface area contributed by atoms with Crippen LogP contribution < -0.4 is 5.32 Å². The van der Waals surface area contributed by atoms with Crippen LogP contribution in [0.25, 0.3) is 0 Å². The highest BCUT2D eigenvalue weighted by atomic mass is 16.5. The lowest BCUT2D eigenvalue weighted by molar-refractivity contribution is 0.0954. The predicted molar refractivity (Wildman–Crippen MR) is 80.4 cm³/mol. The van der Waals surface area contributed by atoms with Gasteiger partial charge in [0.25, 0.3) is 0 Å². The van der Waals surface area contributed by atoms with Crippen molar-refractivity contribution in [2.24, 2.45) is 5.92 Å². The summed E-state index contributed by atoms with van der Waals surface area (Å²) in [6.07, 6.45) is 5.11. The normalized spacial score (nSPS) is 20.9. The van der Waals surface area contributed by atoms with Crippen molar-refractivity contribution in [1.29, 1.82) is 0 Å². The fourth-order valence-corrected chi connectivity index (χ4v) is 2.92. The molecule has 0 spiro atoms. The molecule has 0 aromatic heterocycles. The number of ether oxygens (including phenoxy) is 1. The maximum absolute atomic E-state index is 5.76. The molecule has 1 aromatic rings. The van der Waals surface area contributed by atoms with Crippen molar-refractivity contribution in [1.82, 2.24) is 5.32 Å². The first-order valence-electron chi connectivity index (χ1n) is 7.56. The summed E-state index contributed by atoms with van der Waals surface area (Å²) in [4.78, 5) is 0. The van der Waals surface area contributed by atoms with E-state index >= 15 is 0 Å². The zero-order valence-electron chi connectivity index (χ0n) is 12.5. The second-order valence-electron chi connectivity index (χ2n) is 6.05. The molecule has 0 amide bonds. The second kappa shape index (κ2) is 7.06. The molecular formula is C17H27NO. The number of nitrogens with one attached hydrogen (secondary N) is 1. The fourth-order valence-electron chi connectivity index (χ4n) is 2.92. The highest BCUT2D eigenvalue weighted by Gasteiger charge is 2.21. The van der Waals surface area contributed by atoms with Crippen molar-refractivity contribution >= 4 is 0 Å². The van der Waals surface area contributed by atoms with Gasteiger partial charge in [-0.15, -0.1) is 0 Å². The molecule has 2 atom stereocenters. The topological polar surface area (TPSA) is 21.3 Å². The molecular weight excluding hydrogens is 234 g/mol. The molecule has 19 heavy (non-hydrogen) atoms. The number of rotatable bonds is 6. The average molecular weight is 261 g/mol. The Morgan fingerprint density at radius 3 is 2.84 bits per heavy atom. The third kappa shape index (κ3) is 4.32. The summed E-state index contributed by atoms with van der Waals surface area (Å²) >= 11 is 0. The maximum atomic E-state index is 5.76. The van der Waals surface area contributed by atoms with Crippen LogP contribution in [-0.4, -0.2) is 19.8 Å². The molecule has 0 radical (unpaired) electrons. The van der Waals surface area contributed by atoms with Crippen LogP contribution >= 0.6 is 0 Å². The Labute approximate surface area is 117 Å². The highest BCUT2D eigenvalue weighted by Crippen LogP contribution is 2.25. The molecule has 1 saturated heterocycles. The Morgan fingerprint density at radius 1 is 1.37 bits per heavy atom. The Hall–Kier alpha value is -0.860. The smallest absolute Gasteiger partial charge is 0.0594 e. The van der Waals surface area contributed by atoms with Crippen LogP contribution in [0, 0.1) is 5.92 Å². The minimum absolute atomic E-state index is 0.412. The number of hydrogen-bond acceptors (Lipinski definition) is 2. The number of benzene rings is 1. The summed E-state index contributed by atoms with van der Waals surface area (Å²) in [5.41, 5.74) is 2.84. The van der Waals surface area contributed by atoms with E-state index in [9.17, 15) is 0 Å². The summed E-state index contributed by atoms with van der Waals surface area (Å²) in [7, 11) is 2.05. The van der Waals surface area contributed by atoms with Gasteiger partial charge in [0.1, 0.15) is 0 Å². The molecule has 1 aliphatic rings. The number of hydrogen-bond donors (Lipinski definition) is 1. The Balaban J connectivity index is 2.04. The molecule has 1 aliphatic heterocycles. The Morgan fingerprint density at radius 2 is 2.21 bits per heavy atom. The summed E-state index contributed by atoms with van der Waals surface area (Å²) in [5.74, 6) is 0.710. The van der Waals surface area contributed by atoms with Crippen LogP contribution in [0.2, 0.25) is 0 Å². The fraction of sp³-hybridized carbons (Fsp3) is 0.647. The first-order chi connectivity index (χ1) is 9.19. The minimum atomic E-state index is 0.412. The van der Waals surface area contributed by atoms with Crippen LogP contribution in [0.4, 0.5) is 0 Å². The van der Waals surface area contributed by atoms with E-state index in [1.165, 1.54) is 24.0 Å². The molecule has 1 heterocycles. The predicted octanol–water partition coefficient (Wildman–Crippen LogP) is 3.71. The van der Waals surface area contributed by atoms with E-state index in [4.69, 9.17) is 4.74 Å². The van der Waals surface area contributed by atoms with E-state index in [2.05, 4.69) is 50.5 Å². The maximum Gasteiger partial charge on any atom is 0.0594 e. The van der Waals surface area contributed by atoms with Crippen molar-refractivity contribution in [2.75, 3.05) is 13.7 Å². The van der Waals surface area contributed by atoms with Crippen LogP contribution in [-0.2, 0) is 11.2 Å². The molecule has 0 saturated carbocycles. The standard InChI is InChI=1S/C17H27NO/c1-13(2)10-14-6-4-7-15(11-14)17(18-3)12-16-8-5-9-19-16/h4,6-7,11,13,16-18H,5,8-10,12H2,1-3H3. The van der Waals surface area contributed by atoms with Crippen LogP contribution in [0.15, 0.2) is 24.3 Å². The lowest BCUT2D eigenvalue weighted by Crippen LogP contribution is -2.22. The van der Waals surface area contributed by atoms with Gasteiger partial charge in [-0.3, -0.25) is 0 Å². The van der Waals surface area contributed by atoms with Gasteiger partial charge < -0.3 is 10.1 Å². The van der Waals surface area contributed by atoms with Crippen LogP contribution in [0.3, 0.4) is 0 Å². The van der Waals surface area contributed by atoms with E-state index in [1.54, 1.807) is 0 Å². The molecule has 0 bridgehead atoms. The Bertz CT molecular complexity index is 383. The summed E-state index contributed by atoms with van der Waals surface area (Å²) in [5, 5.41) is 3.45. The van der Waals surface area contributed by atoms with E-state index in [-0.39, 0.29) is 0 Å². The molecule has 106 valence electrons. The van der Waals surface area contributed by atoms with Gasteiger partial charge in [0.15, 0.2) is 0 Å². The molecule has 1 fully saturated rings. The molecule has 0 aliphatic carbocycles. The highest BCUT2D eigenvalue weighted by molar-refractivity contribution is 5.26. The van der Waals surface area contributed by atoms with Crippen molar-refractivity contribution in [2.45, 2.75) is 51.7 Å². The largest absolute Gasteiger partial charge is 0.378 e. The van der Waals surface area contributed by atoms with Gasteiger partial charge in [0, 0.05) is 12.6 Å². The minimum Gasteiger partial charge on any atom is -0.378 e. The molecule has 2 heteroatoms. The van der Waals surface area contributed by atoms with Crippen molar-refractivity contribution in [3.05, 3.63) is 35.4 Å². The van der Waals surface area contributed by atoms with Gasteiger partial charge in [-0.2, -0.15) is 0 Å². The molecule has 1 N–H and O–H groups in total. The lowest BCUT2D eigenvalue weighted by atomic mass is 9.95. The summed E-state index contributed by atoms with van der Waals surface area (Å²) in [6.45, 7) is 5.48. The molecule has 2 nitrogen and oxygen atoms in total. The third-order valence-electron chi connectivity index (χ3n) is 3.87. The third-order valence-corrected chi connectivity index (χ3v) is 3.87. The first-order valence-corrected chi connectivity index (χ1v) is 7.56. The van der Waals surface area contributed by atoms with E-state index in [0.717, 1.165) is 19.4 Å². The van der Waals surface area contributed by atoms with Gasteiger partial charge in [-0.05, 0) is 49.8 Å². The molecule has 2 rings (SSSR count). The van der Waals surface area contributed by atoms with Gasteiger partial charge in [-0.1, -0.05) is 38.1 Å². The van der Waals surface area contributed by atoms with Crippen LogP contribution in [0.5, 0.6) is 0 Å². The van der Waals surface area contributed by atoms with E-state index in [0.29, 0.717) is 18.1 Å². The summed E-state index contributed by atoms with van der Waals surface area (Å²) < 4.78 is 5.76.